The van der Waals surface area contributed by atoms with Crippen LogP contribution in [-0.2, 0) is 15.8 Å². The SMILES string of the molecule is CC(C)(C)[Si](C)(C)OCCCOc1ccc(CO)cc1.CCOCC. The molecule has 0 heterocycles. The van der Waals surface area contributed by atoms with E-state index in [0.717, 1.165) is 37.6 Å². The number of aliphatic hydroxyl groups is 1. The molecule has 4 nitrogen and oxygen atoms in total. The van der Waals surface area contributed by atoms with Crippen molar-refractivity contribution in [3.05, 3.63) is 29.8 Å². The van der Waals surface area contributed by atoms with Gasteiger partial charge in [-0.3, -0.25) is 0 Å². The summed E-state index contributed by atoms with van der Waals surface area (Å²) in [4.78, 5) is 0. The Morgan fingerprint density at radius 2 is 1.52 bits per heavy atom. The van der Waals surface area contributed by atoms with Gasteiger partial charge in [0.05, 0.1) is 13.2 Å². The number of rotatable bonds is 9. The van der Waals surface area contributed by atoms with E-state index in [2.05, 4.69) is 33.9 Å². The molecule has 0 aliphatic heterocycles. The number of ether oxygens (including phenoxy) is 2. The van der Waals surface area contributed by atoms with Gasteiger partial charge in [-0.05, 0) is 49.7 Å². The average Bonchev–Trinajstić information content (AvgIpc) is 2.55. The minimum Gasteiger partial charge on any atom is -0.494 e. The van der Waals surface area contributed by atoms with Crippen LogP contribution < -0.4 is 4.74 Å². The summed E-state index contributed by atoms with van der Waals surface area (Å²) >= 11 is 0. The number of benzene rings is 1. The summed E-state index contributed by atoms with van der Waals surface area (Å²) in [7, 11) is -1.63. The fourth-order valence-electron chi connectivity index (χ4n) is 1.69. The summed E-state index contributed by atoms with van der Waals surface area (Å²) in [6, 6.07) is 7.53. The van der Waals surface area contributed by atoms with Gasteiger partial charge in [0.2, 0.25) is 0 Å². The lowest BCUT2D eigenvalue weighted by molar-refractivity contribution is 0.162. The highest BCUT2D eigenvalue weighted by Crippen LogP contribution is 2.36. The second-order valence-electron chi connectivity index (χ2n) is 7.39. The average molecular weight is 371 g/mol. The Balaban J connectivity index is 0.00000101. The first kappa shape index (κ1) is 24.1. The van der Waals surface area contributed by atoms with Crippen molar-refractivity contribution in [2.45, 2.75) is 65.8 Å². The molecule has 1 rings (SSSR count). The van der Waals surface area contributed by atoms with Gasteiger partial charge in [-0.25, -0.2) is 0 Å². The molecule has 5 heteroatoms. The smallest absolute Gasteiger partial charge is 0.191 e. The molecule has 1 N–H and O–H groups in total. The monoisotopic (exact) mass is 370 g/mol. The predicted octanol–water partition coefficient (Wildman–Crippen LogP) is 5.01. The number of aliphatic hydroxyl groups excluding tert-OH is 1. The van der Waals surface area contributed by atoms with E-state index in [1.165, 1.54) is 0 Å². The summed E-state index contributed by atoms with van der Waals surface area (Å²) in [5.74, 6) is 0.842. The van der Waals surface area contributed by atoms with Crippen LogP contribution in [0.1, 0.15) is 46.6 Å². The van der Waals surface area contributed by atoms with Gasteiger partial charge in [-0.15, -0.1) is 0 Å². The molecule has 0 saturated heterocycles. The first-order valence-corrected chi connectivity index (χ1v) is 12.1. The molecule has 0 aromatic heterocycles. The quantitative estimate of drug-likeness (QED) is 0.490. The van der Waals surface area contributed by atoms with Gasteiger partial charge < -0.3 is 19.0 Å². The van der Waals surface area contributed by atoms with Crippen molar-refractivity contribution in [3.8, 4) is 5.75 Å². The number of hydrogen-bond acceptors (Lipinski definition) is 4. The third-order valence-electron chi connectivity index (χ3n) is 4.34. The Morgan fingerprint density at radius 3 is 1.92 bits per heavy atom. The Morgan fingerprint density at radius 1 is 0.960 bits per heavy atom. The van der Waals surface area contributed by atoms with Gasteiger partial charge in [0.15, 0.2) is 8.32 Å². The molecule has 0 saturated carbocycles. The predicted molar refractivity (Wildman–Crippen MR) is 108 cm³/mol. The molecule has 1 aromatic carbocycles. The molecule has 0 unspecified atom stereocenters. The lowest BCUT2D eigenvalue weighted by atomic mass is 10.2. The molecular formula is C20H38O4Si. The van der Waals surface area contributed by atoms with Crippen LogP contribution in [0, 0.1) is 0 Å². The lowest BCUT2D eigenvalue weighted by Gasteiger charge is -2.36. The van der Waals surface area contributed by atoms with Crippen LogP contribution in [0.15, 0.2) is 24.3 Å². The van der Waals surface area contributed by atoms with Crippen LogP contribution in [0.3, 0.4) is 0 Å². The Labute approximate surface area is 155 Å². The van der Waals surface area contributed by atoms with E-state index in [0.29, 0.717) is 6.61 Å². The van der Waals surface area contributed by atoms with E-state index in [4.69, 9.17) is 19.0 Å². The van der Waals surface area contributed by atoms with Crippen LogP contribution in [0.2, 0.25) is 18.1 Å². The summed E-state index contributed by atoms with van der Waals surface area (Å²) in [6.07, 6.45) is 0.897. The molecule has 146 valence electrons. The van der Waals surface area contributed by atoms with Crippen LogP contribution in [0.5, 0.6) is 5.75 Å². The highest BCUT2D eigenvalue weighted by Gasteiger charge is 2.36. The number of hydrogen-bond donors (Lipinski definition) is 1. The minimum atomic E-state index is -1.63. The van der Waals surface area contributed by atoms with Gasteiger partial charge in [0, 0.05) is 26.2 Å². The van der Waals surface area contributed by atoms with E-state index >= 15 is 0 Å². The molecule has 0 spiro atoms. The van der Waals surface area contributed by atoms with E-state index in [1.54, 1.807) is 0 Å². The first-order valence-electron chi connectivity index (χ1n) is 9.22. The molecule has 0 aliphatic rings. The summed E-state index contributed by atoms with van der Waals surface area (Å²) in [5, 5.41) is 9.22. The van der Waals surface area contributed by atoms with Crippen molar-refractivity contribution in [3.63, 3.8) is 0 Å². The zero-order valence-electron chi connectivity index (χ0n) is 17.2. The molecule has 0 radical (unpaired) electrons. The molecule has 25 heavy (non-hydrogen) atoms. The maximum atomic E-state index is 8.96. The van der Waals surface area contributed by atoms with Crippen LogP contribution >= 0.6 is 0 Å². The standard InChI is InChI=1S/C16H28O3Si.C4H10O/c1-16(2,3)20(4,5)19-12-6-11-18-15-9-7-14(13-17)8-10-15;1-3-5-4-2/h7-10,17H,6,11-13H2,1-5H3;3-4H2,1-2H3. The van der Waals surface area contributed by atoms with Gasteiger partial charge in [-0.2, -0.15) is 0 Å². The topological polar surface area (TPSA) is 47.9 Å². The summed E-state index contributed by atoms with van der Waals surface area (Å²) in [5.41, 5.74) is 0.901. The maximum absolute atomic E-state index is 8.96. The molecule has 0 aliphatic carbocycles. The van der Waals surface area contributed by atoms with Crippen molar-refractivity contribution in [2.24, 2.45) is 0 Å². The van der Waals surface area contributed by atoms with Crippen LogP contribution in [0.25, 0.3) is 0 Å². The Kier molecular flexibility index (Phi) is 12.0. The first-order chi connectivity index (χ1) is 11.7. The van der Waals surface area contributed by atoms with E-state index in [-0.39, 0.29) is 11.6 Å². The molecule has 1 aromatic rings. The van der Waals surface area contributed by atoms with E-state index < -0.39 is 8.32 Å². The Bertz CT molecular complexity index is 436. The van der Waals surface area contributed by atoms with Gasteiger partial charge in [0.25, 0.3) is 0 Å². The van der Waals surface area contributed by atoms with Crippen molar-refractivity contribution < 1.29 is 19.0 Å². The fraction of sp³-hybridized carbons (Fsp3) is 0.700. The third-order valence-corrected chi connectivity index (χ3v) is 8.88. The highest BCUT2D eigenvalue weighted by molar-refractivity contribution is 6.74. The van der Waals surface area contributed by atoms with Gasteiger partial charge in [0.1, 0.15) is 5.75 Å². The third kappa shape index (κ3) is 10.6. The molecule has 0 amide bonds. The largest absolute Gasteiger partial charge is 0.494 e. The van der Waals surface area contributed by atoms with E-state index in [9.17, 15) is 0 Å². The van der Waals surface area contributed by atoms with Crippen molar-refractivity contribution >= 4 is 8.32 Å². The van der Waals surface area contributed by atoms with Crippen LogP contribution in [0.4, 0.5) is 0 Å². The normalized spacial score (nSPS) is 11.7. The maximum Gasteiger partial charge on any atom is 0.191 e. The molecule has 0 atom stereocenters. The Hall–Kier alpha value is -0.883. The van der Waals surface area contributed by atoms with Crippen LogP contribution in [-0.4, -0.2) is 39.9 Å². The second-order valence-corrected chi connectivity index (χ2v) is 12.2. The van der Waals surface area contributed by atoms with Crippen molar-refractivity contribution in [1.29, 1.82) is 0 Å². The van der Waals surface area contributed by atoms with Crippen molar-refractivity contribution in [2.75, 3.05) is 26.4 Å². The molecular weight excluding hydrogens is 332 g/mol. The van der Waals surface area contributed by atoms with Crippen molar-refractivity contribution in [1.82, 2.24) is 0 Å². The summed E-state index contributed by atoms with van der Waals surface area (Å²) < 4.78 is 16.6. The van der Waals surface area contributed by atoms with E-state index in [1.807, 2.05) is 38.1 Å². The highest BCUT2D eigenvalue weighted by atomic mass is 28.4. The zero-order chi connectivity index (χ0) is 19.3. The van der Waals surface area contributed by atoms with Gasteiger partial charge >= 0.3 is 0 Å². The fourth-order valence-corrected chi connectivity index (χ4v) is 2.78. The second kappa shape index (κ2) is 12.5. The van der Waals surface area contributed by atoms with Gasteiger partial charge in [-0.1, -0.05) is 32.9 Å². The summed E-state index contributed by atoms with van der Waals surface area (Å²) in [6.45, 7) is 18.4. The lowest BCUT2D eigenvalue weighted by Crippen LogP contribution is -2.41. The zero-order valence-corrected chi connectivity index (χ0v) is 18.2. The molecule has 0 bridgehead atoms. The molecule has 0 fully saturated rings. The minimum absolute atomic E-state index is 0.0701.